The molecule has 0 bridgehead atoms. The van der Waals surface area contributed by atoms with Crippen molar-refractivity contribution in [2.45, 2.75) is 46.0 Å². The average molecular weight is 237 g/mol. The Morgan fingerprint density at radius 3 is 2.65 bits per heavy atom. The van der Waals surface area contributed by atoms with Gasteiger partial charge in [-0.15, -0.1) is 0 Å². The summed E-state index contributed by atoms with van der Waals surface area (Å²) in [5.41, 5.74) is 1.06. The molecule has 0 amide bonds. The van der Waals surface area contributed by atoms with Gasteiger partial charge in [-0.3, -0.25) is 0 Å². The minimum absolute atomic E-state index is 0.725. The van der Waals surface area contributed by atoms with Crippen LogP contribution in [0.25, 0.3) is 0 Å². The maximum absolute atomic E-state index is 5.73. The molecule has 0 fully saturated rings. The van der Waals surface area contributed by atoms with E-state index in [0.29, 0.717) is 0 Å². The van der Waals surface area contributed by atoms with Gasteiger partial charge >= 0.3 is 0 Å². The first-order chi connectivity index (χ1) is 8.33. The standard InChI is InChI=1S/C13H23N3O/c1-4-6-7-8-9-17-13-11(5-2)12(14-3)15-10-16-13/h10H,4-9H2,1-3H3,(H,14,15,16). The van der Waals surface area contributed by atoms with Crippen molar-refractivity contribution in [2.24, 2.45) is 0 Å². The Morgan fingerprint density at radius 1 is 1.18 bits per heavy atom. The Hall–Kier alpha value is -1.32. The fourth-order valence-corrected chi connectivity index (χ4v) is 1.75. The molecule has 0 saturated carbocycles. The zero-order valence-corrected chi connectivity index (χ0v) is 11.1. The Morgan fingerprint density at radius 2 is 2.00 bits per heavy atom. The second-order valence-electron chi connectivity index (χ2n) is 4.02. The summed E-state index contributed by atoms with van der Waals surface area (Å²) in [4.78, 5) is 8.39. The van der Waals surface area contributed by atoms with Crippen LogP contribution in [0.1, 0.15) is 45.1 Å². The highest BCUT2D eigenvalue weighted by atomic mass is 16.5. The van der Waals surface area contributed by atoms with Crippen molar-refractivity contribution >= 4 is 5.82 Å². The molecule has 1 rings (SSSR count). The summed E-state index contributed by atoms with van der Waals surface area (Å²) in [6.45, 7) is 5.04. The van der Waals surface area contributed by atoms with Crippen molar-refractivity contribution in [3.63, 3.8) is 0 Å². The monoisotopic (exact) mass is 237 g/mol. The first kappa shape index (κ1) is 13.7. The molecule has 0 aromatic carbocycles. The van der Waals surface area contributed by atoms with Gasteiger partial charge < -0.3 is 10.1 Å². The van der Waals surface area contributed by atoms with Crippen LogP contribution in [0.2, 0.25) is 0 Å². The van der Waals surface area contributed by atoms with E-state index in [-0.39, 0.29) is 0 Å². The van der Waals surface area contributed by atoms with E-state index in [1.807, 2.05) is 7.05 Å². The largest absolute Gasteiger partial charge is 0.477 e. The van der Waals surface area contributed by atoms with Gasteiger partial charge in [0.1, 0.15) is 12.1 Å². The lowest BCUT2D eigenvalue weighted by atomic mass is 10.2. The summed E-state index contributed by atoms with van der Waals surface area (Å²) < 4.78 is 5.73. The summed E-state index contributed by atoms with van der Waals surface area (Å²) in [7, 11) is 1.87. The van der Waals surface area contributed by atoms with Crippen molar-refractivity contribution < 1.29 is 4.74 Å². The van der Waals surface area contributed by atoms with Gasteiger partial charge in [0.15, 0.2) is 0 Å². The molecule has 0 aliphatic carbocycles. The number of nitrogens with one attached hydrogen (secondary N) is 1. The molecule has 96 valence electrons. The second kappa shape index (κ2) is 7.87. The molecule has 0 aliphatic heterocycles. The maximum Gasteiger partial charge on any atom is 0.221 e. The van der Waals surface area contributed by atoms with E-state index in [2.05, 4.69) is 29.1 Å². The van der Waals surface area contributed by atoms with E-state index in [0.717, 1.165) is 36.7 Å². The zero-order valence-electron chi connectivity index (χ0n) is 11.1. The molecule has 0 spiro atoms. The molecule has 0 unspecified atom stereocenters. The molecule has 1 N–H and O–H groups in total. The lowest BCUT2D eigenvalue weighted by Gasteiger charge is -2.11. The number of unbranched alkanes of at least 4 members (excludes halogenated alkanes) is 3. The summed E-state index contributed by atoms with van der Waals surface area (Å²) in [5.74, 6) is 1.59. The van der Waals surface area contributed by atoms with Crippen molar-refractivity contribution in [3.8, 4) is 5.88 Å². The van der Waals surface area contributed by atoms with E-state index in [1.54, 1.807) is 6.33 Å². The molecular formula is C13H23N3O. The molecular weight excluding hydrogens is 214 g/mol. The minimum atomic E-state index is 0.725. The quantitative estimate of drug-likeness (QED) is 0.706. The first-order valence-electron chi connectivity index (χ1n) is 6.47. The number of nitrogens with zero attached hydrogens (tertiary/aromatic N) is 2. The smallest absolute Gasteiger partial charge is 0.221 e. The molecule has 0 atom stereocenters. The SMILES string of the molecule is CCCCCCOc1ncnc(NC)c1CC. The lowest BCUT2D eigenvalue weighted by Crippen LogP contribution is -2.06. The van der Waals surface area contributed by atoms with Gasteiger partial charge in [0.05, 0.1) is 12.2 Å². The summed E-state index contributed by atoms with van der Waals surface area (Å²) in [6.07, 6.45) is 7.26. The van der Waals surface area contributed by atoms with Gasteiger partial charge in [0, 0.05) is 7.05 Å². The summed E-state index contributed by atoms with van der Waals surface area (Å²) in [5, 5.41) is 3.07. The van der Waals surface area contributed by atoms with Gasteiger partial charge in [-0.2, -0.15) is 0 Å². The van der Waals surface area contributed by atoms with Crippen molar-refractivity contribution in [3.05, 3.63) is 11.9 Å². The van der Waals surface area contributed by atoms with E-state index in [4.69, 9.17) is 4.74 Å². The Bertz CT molecular complexity index is 328. The van der Waals surface area contributed by atoms with Crippen LogP contribution in [0, 0.1) is 0 Å². The van der Waals surface area contributed by atoms with Gasteiger partial charge in [-0.05, 0) is 12.8 Å². The molecule has 0 radical (unpaired) electrons. The van der Waals surface area contributed by atoms with Crippen LogP contribution in [0.3, 0.4) is 0 Å². The average Bonchev–Trinajstić information content (AvgIpc) is 2.38. The molecule has 0 saturated heterocycles. The van der Waals surface area contributed by atoms with Crippen molar-refractivity contribution in [2.75, 3.05) is 19.0 Å². The molecule has 0 aliphatic rings. The second-order valence-corrected chi connectivity index (χ2v) is 4.02. The lowest BCUT2D eigenvalue weighted by molar-refractivity contribution is 0.290. The predicted molar refractivity (Wildman–Crippen MR) is 70.6 cm³/mol. The van der Waals surface area contributed by atoms with Crippen LogP contribution in [-0.2, 0) is 6.42 Å². The highest BCUT2D eigenvalue weighted by Crippen LogP contribution is 2.22. The van der Waals surface area contributed by atoms with Crippen molar-refractivity contribution in [1.82, 2.24) is 9.97 Å². The van der Waals surface area contributed by atoms with Crippen LogP contribution in [0.15, 0.2) is 6.33 Å². The molecule has 17 heavy (non-hydrogen) atoms. The van der Waals surface area contributed by atoms with Gasteiger partial charge in [0.2, 0.25) is 5.88 Å². The summed E-state index contributed by atoms with van der Waals surface area (Å²) in [6, 6.07) is 0. The molecule has 1 aromatic heterocycles. The third-order valence-corrected chi connectivity index (χ3v) is 2.73. The molecule has 1 heterocycles. The number of anilines is 1. The Balaban J connectivity index is 2.52. The maximum atomic E-state index is 5.73. The first-order valence-corrected chi connectivity index (χ1v) is 6.47. The fourth-order valence-electron chi connectivity index (χ4n) is 1.75. The van der Waals surface area contributed by atoms with Gasteiger partial charge in [0.25, 0.3) is 0 Å². The zero-order chi connectivity index (χ0) is 12.5. The highest BCUT2D eigenvalue weighted by molar-refractivity contribution is 5.48. The van der Waals surface area contributed by atoms with E-state index < -0.39 is 0 Å². The number of hydrogen-bond acceptors (Lipinski definition) is 4. The normalized spacial score (nSPS) is 10.3. The Labute approximate surface area is 104 Å². The third kappa shape index (κ3) is 4.21. The van der Waals surface area contributed by atoms with Crippen LogP contribution in [-0.4, -0.2) is 23.6 Å². The number of rotatable bonds is 8. The predicted octanol–water partition coefficient (Wildman–Crippen LogP) is 3.04. The third-order valence-electron chi connectivity index (χ3n) is 2.73. The van der Waals surface area contributed by atoms with E-state index >= 15 is 0 Å². The van der Waals surface area contributed by atoms with Crippen molar-refractivity contribution in [1.29, 1.82) is 0 Å². The molecule has 1 aromatic rings. The minimum Gasteiger partial charge on any atom is -0.477 e. The Kier molecular flexibility index (Phi) is 6.37. The van der Waals surface area contributed by atoms with Crippen LogP contribution in [0.4, 0.5) is 5.82 Å². The topological polar surface area (TPSA) is 47.0 Å². The fraction of sp³-hybridized carbons (Fsp3) is 0.692. The van der Waals surface area contributed by atoms with Crippen LogP contribution < -0.4 is 10.1 Å². The number of ether oxygens (including phenoxy) is 1. The molecule has 4 heteroatoms. The molecule has 4 nitrogen and oxygen atoms in total. The van der Waals surface area contributed by atoms with E-state index in [1.165, 1.54) is 19.3 Å². The van der Waals surface area contributed by atoms with Gasteiger partial charge in [-0.1, -0.05) is 33.1 Å². The van der Waals surface area contributed by atoms with Gasteiger partial charge in [-0.25, -0.2) is 9.97 Å². The number of hydrogen-bond donors (Lipinski definition) is 1. The number of aromatic nitrogens is 2. The van der Waals surface area contributed by atoms with E-state index in [9.17, 15) is 0 Å². The highest BCUT2D eigenvalue weighted by Gasteiger charge is 2.09. The van der Waals surface area contributed by atoms with Crippen LogP contribution >= 0.6 is 0 Å². The van der Waals surface area contributed by atoms with Crippen LogP contribution in [0.5, 0.6) is 5.88 Å². The summed E-state index contributed by atoms with van der Waals surface area (Å²) >= 11 is 0.